The van der Waals surface area contributed by atoms with E-state index in [1.807, 2.05) is 0 Å². The van der Waals surface area contributed by atoms with Crippen LogP contribution in [0, 0.1) is 0 Å². The van der Waals surface area contributed by atoms with Crippen LogP contribution in [0.25, 0.3) is 0 Å². The fourth-order valence-electron chi connectivity index (χ4n) is 5.97. The Hall–Kier alpha value is -2.79. The molecular weight excluding hydrogens is 585 g/mol. The Labute approximate surface area is 252 Å². The largest absolute Gasteiger partial charge is 0.598 e. The fraction of sp³-hybridized carbons (Fsp3) is 0.333. The number of hydrogen-bond donors (Lipinski definition) is 3. The molecule has 2 amide bonds. The molecule has 2 aliphatic rings. The summed E-state index contributed by atoms with van der Waals surface area (Å²) in [7, 11) is 0. The van der Waals surface area contributed by atoms with Crippen molar-refractivity contribution in [2.24, 2.45) is 0 Å². The van der Waals surface area contributed by atoms with Crippen molar-refractivity contribution in [2.45, 2.75) is 56.3 Å². The van der Waals surface area contributed by atoms with Crippen LogP contribution in [0.1, 0.15) is 64.7 Å². The summed E-state index contributed by atoms with van der Waals surface area (Å²) in [5.41, 5.74) is 4.81. The Kier molecular flexibility index (Phi) is 9.43. The number of rotatable bonds is 8. The second kappa shape index (κ2) is 13.0. The molecule has 8 nitrogen and oxygen atoms in total. The first-order valence-electron chi connectivity index (χ1n) is 13.4. The molecule has 1 saturated carbocycles. The molecule has 216 valence electrons. The Balaban J connectivity index is 1.57. The summed E-state index contributed by atoms with van der Waals surface area (Å²) in [5, 5.41) is 10.5. The lowest BCUT2D eigenvalue weighted by Gasteiger charge is -2.48. The Bertz CT molecular complexity index is 1420. The van der Waals surface area contributed by atoms with Crippen molar-refractivity contribution in [3.8, 4) is 5.75 Å². The molecule has 0 aromatic heterocycles. The van der Waals surface area contributed by atoms with E-state index in [-0.39, 0.29) is 30.3 Å². The maximum Gasteiger partial charge on any atom is 0.255 e. The minimum atomic E-state index is -1.30. The highest BCUT2D eigenvalue weighted by Crippen LogP contribution is 2.47. The fourth-order valence-corrected chi connectivity index (χ4v) is 7.19. The minimum Gasteiger partial charge on any atom is -0.598 e. The summed E-state index contributed by atoms with van der Waals surface area (Å²) >= 11 is 11.7. The molecule has 11 heteroatoms. The molecule has 0 bridgehead atoms. The van der Waals surface area contributed by atoms with Crippen molar-refractivity contribution in [2.75, 3.05) is 6.26 Å². The van der Waals surface area contributed by atoms with Gasteiger partial charge in [-0.05, 0) is 59.9 Å². The van der Waals surface area contributed by atoms with E-state index in [9.17, 15) is 19.2 Å². The highest BCUT2D eigenvalue weighted by molar-refractivity contribution is 7.88. The Morgan fingerprint density at radius 3 is 2.61 bits per heavy atom. The summed E-state index contributed by atoms with van der Waals surface area (Å²) < 4.78 is 15.4. The third-order valence-corrected chi connectivity index (χ3v) is 8.86. The summed E-state index contributed by atoms with van der Waals surface area (Å²) in [5.74, 6) is -1.46. The molecule has 1 heterocycles. The smallest absolute Gasteiger partial charge is 0.255 e. The monoisotopic (exact) mass is 615 g/mol. The zero-order chi connectivity index (χ0) is 29.1. The SMILES string of the molecule is C[S+]([O-])N[C@H]1CCCCC1N1C(=O)c2ccccc2[C@@H](C(=O)NOCc2cccc(O)c2)[C@@H]1c1ccc(Cl)cc1Cl. The zero-order valence-corrected chi connectivity index (χ0v) is 24.7. The standard InChI is InChI=1S/C30H31Cl2N3O5S/c1-41(39)34-25-11-4-5-12-26(25)35-28(23-14-13-19(31)16-24(23)32)27(21-9-2-3-10-22(21)30(35)38)29(37)33-40-17-18-7-6-8-20(36)15-18/h2-3,6-10,13-16,25-28,34,36H,4-5,11-12,17H2,1H3,(H,33,37)/t25-,26?,27+,28-,41?/m0/s1. The van der Waals surface area contributed by atoms with E-state index in [1.54, 1.807) is 77.9 Å². The van der Waals surface area contributed by atoms with Crippen molar-refractivity contribution in [3.63, 3.8) is 0 Å². The molecule has 5 atom stereocenters. The van der Waals surface area contributed by atoms with Crippen LogP contribution in [0.3, 0.4) is 0 Å². The van der Waals surface area contributed by atoms with E-state index in [4.69, 9.17) is 28.0 Å². The molecule has 3 N–H and O–H groups in total. The maximum atomic E-state index is 14.3. The topological polar surface area (TPSA) is 114 Å². The number of carbonyl (C=O) groups is 2. The average molecular weight is 617 g/mol. The number of phenolic OH excluding ortho intramolecular Hbond substituents is 1. The molecule has 0 saturated heterocycles. The summed E-state index contributed by atoms with van der Waals surface area (Å²) in [6, 6.07) is 17.3. The lowest BCUT2D eigenvalue weighted by atomic mass is 9.76. The van der Waals surface area contributed by atoms with Gasteiger partial charge in [0.05, 0.1) is 30.7 Å². The molecule has 41 heavy (non-hydrogen) atoms. The number of halogens is 2. The van der Waals surface area contributed by atoms with Crippen LogP contribution in [0.2, 0.25) is 10.0 Å². The first-order valence-corrected chi connectivity index (χ1v) is 15.7. The second-order valence-corrected chi connectivity index (χ2v) is 12.3. The summed E-state index contributed by atoms with van der Waals surface area (Å²) in [6.45, 7) is 0.0282. The number of hydroxylamine groups is 1. The van der Waals surface area contributed by atoms with Gasteiger partial charge in [0, 0.05) is 27.0 Å². The second-order valence-electron chi connectivity index (χ2n) is 10.3. The van der Waals surface area contributed by atoms with E-state index >= 15 is 0 Å². The van der Waals surface area contributed by atoms with Gasteiger partial charge in [-0.15, -0.1) is 4.72 Å². The van der Waals surface area contributed by atoms with Gasteiger partial charge < -0.3 is 14.6 Å². The first-order chi connectivity index (χ1) is 19.7. The van der Waals surface area contributed by atoms with Crippen LogP contribution < -0.4 is 10.2 Å². The van der Waals surface area contributed by atoms with Gasteiger partial charge in [0.25, 0.3) is 11.8 Å². The van der Waals surface area contributed by atoms with E-state index in [2.05, 4.69) is 10.2 Å². The number of aromatic hydroxyl groups is 1. The third-order valence-electron chi connectivity index (χ3n) is 7.67. The van der Waals surface area contributed by atoms with E-state index in [0.717, 1.165) is 19.3 Å². The molecule has 1 aliphatic heterocycles. The minimum absolute atomic E-state index is 0.0282. The quantitative estimate of drug-likeness (QED) is 0.230. The van der Waals surface area contributed by atoms with Crippen molar-refractivity contribution in [1.82, 2.24) is 15.1 Å². The van der Waals surface area contributed by atoms with E-state index < -0.39 is 29.2 Å². The molecule has 2 unspecified atom stereocenters. The molecular formula is C30H31Cl2N3O5S. The number of nitrogens with one attached hydrogen (secondary N) is 2. The van der Waals surface area contributed by atoms with Crippen molar-refractivity contribution < 1.29 is 24.1 Å². The van der Waals surface area contributed by atoms with E-state index in [0.29, 0.717) is 38.7 Å². The number of amides is 2. The van der Waals surface area contributed by atoms with Crippen LogP contribution in [0.5, 0.6) is 5.75 Å². The lowest BCUT2D eigenvalue weighted by Crippen LogP contribution is -2.59. The van der Waals surface area contributed by atoms with Gasteiger partial charge in [0.2, 0.25) is 0 Å². The van der Waals surface area contributed by atoms with Gasteiger partial charge in [0.1, 0.15) is 12.0 Å². The number of carbonyl (C=O) groups excluding carboxylic acids is 2. The Morgan fingerprint density at radius 2 is 1.85 bits per heavy atom. The molecule has 5 rings (SSSR count). The van der Waals surface area contributed by atoms with Gasteiger partial charge in [-0.25, -0.2) is 5.48 Å². The van der Waals surface area contributed by atoms with E-state index in [1.165, 1.54) is 0 Å². The number of fused-ring (bicyclic) bond motifs is 1. The number of phenols is 1. The lowest BCUT2D eigenvalue weighted by molar-refractivity contribution is -0.138. The van der Waals surface area contributed by atoms with Crippen LogP contribution in [0.4, 0.5) is 0 Å². The zero-order valence-electron chi connectivity index (χ0n) is 22.4. The van der Waals surface area contributed by atoms with Crippen LogP contribution in [0.15, 0.2) is 66.7 Å². The molecule has 0 radical (unpaired) electrons. The van der Waals surface area contributed by atoms with Crippen molar-refractivity contribution in [1.29, 1.82) is 0 Å². The maximum absolute atomic E-state index is 14.3. The number of hydrogen-bond acceptors (Lipinski definition) is 6. The van der Waals surface area contributed by atoms with Crippen LogP contribution >= 0.6 is 23.2 Å². The molecule has 3 aromatic rings. The normalized spacial score (nSPS) is 23.1. The van der Waals surface area contributed by atoms with Crippen LogP contribution in [-0.2, 0) is 27.6 Å². The first kappa shape index (κ1) is 29.7. The highest BCUT2D eigenvalue weighted by atomic mass is 35.5. The third kappa shape index (κ3) is 6.51. The highest BCUT2D eigenvalue weighted by Gasteiger charge is 2.49. The predicted molar refractivity (Wildman–Crippen MR) is 159 cm³/mol. The Morgan fingerprint density at radius 1 is 1.07 bits per heavy atom. The van der Waals surface area contributed by atoms with Gasteiger partial charge in [-0.3, -0.25) is 14.4 Å². The average Bonchev–Trinajstić information content (AvgIpc) is 2.93. The van der Waals surface area contributed by atoms with Gasteiger partial charge in [-0.2, -0.15) is 0 Å². The molecule has 3 aromatic carbocycles. The number of nitrogens with zero attached hydrogens (tertiary/aromatic N) is 1. The summed E-state index contributed by atoms with van der Waals surface area (Å²) in [6.07, 6.45) is 4.80. The van der Waals surface area contributed by atoms with Crippen LogP contribution in [-0.4, -0.2) is 44.7 Å². The van der Waals surface area contributed by atoms with Gasteiger partial charge in [0.15, 0.2) is 0 Å². The van der Waals surface area contributed by atoms with Gasteiger partial charge >= 0.3 is 0 Å². The molecule has 1 fully saturated rings. The number of benzene rings is 3. The molecule has 1 aliphatic carbocycles. The van der Waals surface area contributed by atoms with Crippen molar-refractivity contribution >= 4 is 46.4 Å². The summed E-state index contributed by atoms with van der Waals surface area (Å²) in [4.78, 5) is 35.6. The molecule has 0 spiro atoms. The predicted octanol–water partition coefficient (Wildman–Crippen LogP) is 5.42. The van der Waals surface area contributed by atoms with Crippen molar-refractivity contribution in [3.05, 3.63) is 99.0 Å². The van der Waals surface area contributed by atoms with Gasteiger partial charge in [-0.1, -0.05) is 72.4 Å².